The monoisotopic (exact) mass is 889 g/mol. The van der Waals surface area contributed by atoms with Crippen LogP contribution in [0.2, 0.25) is 0 Å². The van der Waals surface area contributed by atoms with E-state index in [4.69, 9.17) is 29.4 Å². The molecule has 0 rings (SSSR count). The highest BCUT2D eigenvalue weighted by Crippen LogP contribution is 2.22. The van der Waals surface area contributed by atoms with E-state index in [9.17, 15) is 19.2 Å². The minimum absolute atomic E-state index is 0.0344. The van der Waals surface area contributed by atoms with E-state index in [0.29, 0.717) is 46.2 Å². The number of unbranched alkanes of at least 4 members (excludes halogenated alkanes) is 15. The van der Waals surface area contributed by atoms with Crippen molar-refractivity contribution in [3.05, 3.63) is 0 Å². The van der Waals surface area contributed by atoms with E-state index in [0.717, 1.165) is 38.6 Å². The lowest BCUT2D eigenvalue weighted by Crippen LogP contribution is -2.30. The van der Waals surface area contributed by atoms with Crippen molar-refractivity contribution in [2.45, 2.75) is 218 Å². The number of nitrogens with zero attached hydrogens (tertiary/aromatic N) is 1. The summed E-state index contributed by atoms with van der Waals surface area (Å²) in [5, 5.41) is 0. The molecule has 0 fully saturated rings. The normalized spacial score (nSPS) is 11.9. The highest BCUT2D eigenvalue weighted by atomic mass is 16.6. The second-order valence-corrected chi connectivity index (χ2v) is 18.7. The Morgan fingerprint density at radius 2 is 0.855 bits per heavy atom. The molecule has 2 N–H and O–H groups in total. The number of likely N-dealkylation sites (N-methyl/N-ethyl adjacent to an activating group) is 1. The molecule has 1 atom stereocenters. The molecule has 0 heterocycles. The van der Waals surface area contributed by atoms with Crippen molar-refractivity contribution in [1.82, 2.24) is 4.90 Å². The molecule has 0 aliphatic rings. The number of nitrogens with two attached hydrogens (primary N) is 1. The van der Waals surface area contributed by atoms with E-state index in [1.54, 1.807) is 0 Å². The highest BCUT2D eigenvalue weighted by Gasteiger charge is 2.27. The molecule has 0 aliphatic heterocycles. The van der Waals surface area contributed by atoms with Crippen molar-refractivity contribution in [3.8, 4) is 0 Å². The fourth-order valence-corrected chi connectivity index (χ4v) is 4.86. The first-order valence-corrected chi connectivity index (χ1v) is 24.8. The maximum Gasteiger partial charge on any atom is 0.311 e. The van der Waals surface area contributed by atoms with Crippen LogP contribution in [0.15, 0.2) is 0 Å². The number of ether oxygens (including phenoxy) is 5. The van der Waals surface area contributed by atoms with E-state index >= 15 is 0 Å². The van der Waals surface area contributed by atoms with E-state index in [2.05, 4.69) is 6.92 Å². The van der Waals surface area contributed by atoms with E-state index in [1.165, 1.54) is 96.3 Å². The van der Waals surface area contributed by atoms with Crippen LogP contribution in [0.1, 0.15) is 218 Å². The van der Waals surface area contributed by atoms with E-state index < -0.39 is 5.41 Å². The number of hydrogen-bond donors (Lipinski definition) is 1. The molecule has 0 radical (unpaired) electrons. The lowest BCUT2D eigenvalue weighted by atomic mass is 9.90. The average Bonchev–Trinajstić information content (AvgIpc) is 3.24. The standard InChI is InChI=1S/C24H48O2.C12H24O4.C9H19NO2.C6H13NO/c1-5-7-8-9-10-11-12-13-14-15-16-17-18-19-20-21-22-26-23(25)24(3,4)6-2;1-5-12(3,4)11(13)16-10-9-15-8-7-14-6-2;1-5-8(2)9(11)12-7-6-10(3)4;1-4-6(2,3)5(7)8/h5-22H2,1-4H3;5-10H2,1-4H3;8H,5-7H2,1-4H3;4H2,1-3H3,(H2,7,8). The number of amides is 1. The molecule has 1 amide bonds. The van der Waals surface area contributed by atoms with Gasteiger partial charge in [-0.05, 0) is 80.8 Å². The number of esters is 3. The molecule has 62 heavy (non-hydrogen) atoms. The lowest BCUT2D eigenvalue weighted by molar-refractivity contribution is -0.156. The quantitative estimate of drug-likeness (QED) is 0.0371. The fourth-order valence-electron chi connectivity index (χ4n) is 4.86. The molecule has 0 saturated heterocycles. The lowest BCUT2D eigenvalue weighted by Gasteiger charge is -2.20. The summed E-state index contributed by atoms with van der Waals surface area (Å²) in [5.41, 5.74) is 4.00. The molecule has 0 aromatic heterocycles. The zero-order valence-electron chi connectivity index (χ0n) is 43.6. The number of carbonyl (C=O) groups excluding carboxylic acids is 4. The summed E-state index contributed by atoms with van der Waals surface area (Å²) < 4.78 is 25.8. The molecule has 11 heteroatoms. The molecule has 0 spiro atoms. The van der Waals surface area contributed by atoms with Gasteiger partial charge >= 0.3 is 17.9 Å². The van der Waals surface area contributed by atoms with Gasteiger partial charge in [-0.25, -0.2) is 0 Å². The van der Waals surface area contributed by atoms with Crippen LogP contribution in [-0.2, 0) is 42.9 Å². The molecule has 372 valence electrons. The van der Waals surface area contributed by atoms with Gasteiger partial charge in [0, 0.05) is 18.6 Å². The summed E-state index contributed by atoms with van der Waals surface area (Å²) in [6, 6.07) is 0. The first-order chi connectivity index (χ1) is 29.2. The third-order valence-electron chi connectivity index (χ3n) is 11.5. The van der Waals surface area contributed by atoms with Gasteiger partial charge in [0.15, 0.2) is 0 Å². The SMILES string of the molecule is CCC(C)(C)C(N)=O.CCC(C)C(=O)OCCN(C)C.CCCCCCCCCCCCCCCCCCOC(=O)C(C)(C)CC.CCOCCOCCOC(=O)C(C)(C)CC. The summed E-state index contributed by atoms with van der Waals surface area (Å²) in [4.78, 5) is 46.9. The predicted octanol–water partition coefficient (Wildman–Crippen LogP) is 12.3. The molecule has 0 aromatic carbocycles. The maximum atomic E-state index is 11.8. The third kappa shape index (κ3) is 44.4. The van der Waals surface area contributed by atoms with Gasteiger partial charge in [0.25, 0.3) is 0 Å². The average molecular weight is 889 g/mol. The molecule has 11 nitrogen and oxygen atoms in total. The van der Waals surface area contributed by atoms with Gasteiger partial charge in [0.1, 0.15) is 13.2 Å². The zero-order valence-corrected chi connectivity index (χ0v) is 43.6. The minimum Gasteiger partial charge on any atom is -0.465 e. The summed E-state index contributed by atoms with van der Waals surface area (Å²) in [6.45, 7) is 29.9. The van der Waals surface area contributed by atoms with Gasteiger partial charge in [-0.1, -0.05) is 152 Å². The zero-order chi connectivity index (χ0) is 48.3. The summed E-state index contributed by atoms with van der Waals surface area (Å²) in [7, 11) is 3.91. The highest BCUT2D eigenvalue weighted by molar-refractivity contribution is 5.79. The van der Waals surface area contributed by atoms with Crippen LogP contribution >= 0.6 is 0 Å². The third-order valence-corrected chi connectivity index (χ3v) is 11.5. The smallest absolute Gasteiger partial charge is 0.311 e. The van der Waals surface area contributed by atoms with Crippen LogP contribution in [0.5, 0.6) is 0 Å². The number of primary amides is 1. The van der Waals surface area contributed by atoms with Crippen molar-refractivity contribution in [3.63, 3.8) is 0 Å². The van der Waals surface area contributed by atoms with E-state index in [1.807, 2.05) is 102 Å². The maximum absolute atomic E-state index is 11.8. The Kier molecular flexibility index (Phi) is 47.1. The Labute approximate surface area is 383 Å². The molecule has 0 aromatic rings. The predicted molar refractivity (Wildman–Crippen MR) is 259 cm³/mol. The molecule has 0 saturated carbocycles. The molecular weight excluding hydrogens is 785 g/mol. The Hall–Kier alpha value is -2.24. The van der Waals surface area contributed by atoms with Crippen LogP contribution in [0.3, 0.4) is 0 Å². The van der Waals surface area contributed by atoms with Gasteiger partial charge in [0.05, 0.1) is 43.2 Å². The van der Waals surface area contributed by atoms with Crippen molar-refractivity contribution < 1.29 is 42.9 Å². The number of rotatable bonds is 35. The van der Waals surface area contributed by atoms with Crippen molar-refractivity contribution in [1.29, 1.82) is 0 Å². The molecular formula is C51H104N2O9. The van der Waals surface area contributed by atoms with E-state index in [-0.39, 0.29) is 40.6 Å². The summed E-state index contributed by atoms with van der Waals surface area (Å²) in [5.74, 6) is -0.476. The number of hydrogen-bond acceptors (Lipinski definition) is 10. The van der Waals surface area contributed by atoms with Crippen LogP contribution in [0, 0.1) is 22.2 Å². The Morgan fingerprint density at radius 1 is 0.484 bits per heavy atom. The molecule has 0 bridgehead atoms. The largest absolute Gasteiger partial charge is 0.465 e. The molecule has 0 aliphatic carbocycles. The van der Waals surface area contributed by atoms with Crippen LogP contribution in [-0.4, -0.2) is 95.6 Å². The van der Waals surface area contributed by atoms with Gasteiger partial charge in [-0.15, -0.1) is 0 Å². The van der Waals surface area contributed by atoms with Crippen molar-refractivity contribution in [2.24, 2.45) is 27.9 Å². The fraction of sp³-hybridized carbons (Fsp3) is 0.922. The van der Waals surface area contributed by atoms with Crippen molar-refractivity contribution in [2.75, 3.05) is 66.9 Å². The second-order valence-electron chi connectivity index (χ2n) is 18.7. The second kappa shape index (κ2) is 44.0. The summed E-state index contributed by atoms with van der Waals surface area (Å²) >= 11 is 0. The van der Waals surface area contributed by atoms with Crippen LogP contribution in [0.25, 0.3) is 0 Å². The minimum atomic E-state index is -0.397. The van der Waals surface area contributed by atoms with Crippen LogP contribution in [0.4, 0.5) is 0 Å². The number of carbonyl (C=O) groups is 4. The Bertz CT molecular complexity index is 1050. The summed E-state index contributed by atoms with van der Waals surface area (Å²) in [6.07, 6.45) is 25.2. The first-order valence-electron chi connectivity index (χ1n) is 24.8. The van der Waals surface area contributed by atoms with Gasteiger partial charge in [-0.2, -0.15) is 0 Å². The van der Waals surface area contributed by atoms with Gasteiger partial charge in [-0.3, -0.25) is 19.2 Å². The van der Waals surface area contributed by atoms with Crippen LogP contribution < -0.4 is 5.73 Å². The van der Waals surface area contributed by atoms with Gasteiger partial charge in [0.2, 0.25) is 5.91 Å². The first kappa shape index (κ1) is 66.4. The van der Waals surface area contributed by atoms with Crippen molar-refractivity contribution >= 4 is 23.8 Å². The Morgan fingerprint density at radius 3 is 1.19 bits per heavy atom. The Balaban J connectivity index is -0.000000397. The topological polar surface area (TPSA) is 144 Å². The van der Waals surface area contributed by atoms with Gasteiger partial charge < -0.3 is 34.3 Å². The molecule has 1 unspecified atom stereocenters.